The van der Waals surface area contributed by atoms with Crippen molar-refractivity contribution in [2.75, 3.05) is 33.4 Å². The second kappa shape index (κ2) is 7.46. The van der Waals surface area contributed by atoms with Crippen LogP contribution >= 0.6 is 0 Å². The molecule has 1 N–H and O–H groups in total. The maximum absolute atomic E-state index is 5.48. The minimum absolute atomic E-state index is 0.483. The van der Waals surface area contributed by atoms with E-state index in [9.17, 15) is 0 Å². The highest BCUT2D eigenvalue weighted by Crippen LogP contribution is 2.37. The molecule has 1 aliphatic carbocycles. The van der Waals surface area contributed by atoms with E-state index in [1.165, 1.54) is 19.3 Å². The van der Waals surface area contributed by atoms with Gasteiger partial charge in [0.2, 0.25) is 0 Å². The minimum Gasteiger partial charge on any atom is -0.380 e. The van der Waals surface area contributed by atoms with Crippen molar-refractivity contribution in [2.45, 2.75) is 59.0 Å². The number of likely N-dealkylation sites (N-methyl/N-ethyl adjacent to an activating group) is 2. The zero-order chi connectivity index (χ0) is 13.6. The molecule has 0 bridgehead atoms. The van der Waals surface area contributed by atoms with E-state index >= 15 is 0 Å². The van der Waals surface area contributed by atoms with Gasteiger partial charge in [-0.25, -0.2) is 0 Å². The van der Waals surface area contributed by atoms with E-state index in [1.54, 1.807) is 0 Å². The molecule has 1 saturated carbocycles. The first kappa shape index (κ1) is 15.9. The average Bonchev–Trinajstić information content (AvgIpc) is 2.31. The molecule has 0 aromatic rings. The zero-order valence-electron chi connectivity index (χ0n) is 13.0. The highest BCUT2D eigenvalue weighted by atomic mass is 16.5. The molecule has 0 heterocycles. The van der Waals surface area contributed by atoms with Gasteiger partial charge in [0.15, 0.2) is 0 Å². The van der Waals surface area contributed by atoms with Crippen LogP contribution in [0.1, 0.15) is 47.0 Å². The molecule has 3 heteroatoms. The Hall–Kier alpha value is -0.120. The van der Waals surface area contributed by atoms with E-state index in [2.05, 4.69) is 45.0 Å². The van der Waals surface area contributed by atoms with Crippen molar-refractivity contribution in [3.05, 3.63) is 0 Å². The molecule has 1 fully saturated rings. The van der Waals surface area contributed by atoms with Gasteiger partial charge in [0.05, 0.1) is 6.61 Å². The third kappa shape index (κ3) is 4.87. The quantitative estimate of drug-likeness (QED) is 0.708. The highest BCUT2D eigenvalue weighted by Gasteiger charge is 2.36. The molecule has 0 saturated heterocycles. The van der Waals surface area contributed by atoms with Crippen LogP contribution in [0.25, 0.3) is 0 Å². The van der Waals surface area contributed by atoms with Gasteiger partial charge in [0.25, 0.3) is 0 Å². The Labute approximate surface area is 113 Å². The lowest BCUT2D eigenvalue weighted by atomic mass is 9.72. The molecule has 0 radical (unpaired) electrons. The number of hydrogen-bond donors (Lipinski definition) is 1. The molecule has 0 aliphatic heterocycles. The second-order valence-electron chi connectivity index (χ2n) is 6.32. The van der Waals surface area contributed by atoms with Crippen molar-refractivity contribution in [1.29, 1.82) is 0 Å². The van der Waals surface area contributed by atoms with E-state index in [4.69, 9.17) is 4.74 Å². The van der Waals surface area contributed by atoms with Gasteiger partial charge in [-0.1, -0.05) is 20.8 Å². The zero-order valence-corrected chi connectivity index (χ0v) is 13.0. The molecule has 2 unspecified atom stereocenters. The Morgan fingerprint density at radius 2 is 2.06 bits per heavy atom. The number of rotatable bonds is 7. The van der Waals surface area contributed by atoms with Gasteiger partial charge >= 0.3 is 0 Å². The average molecular weight is 256 g/mol. The summed E-state index contributed by atoms with van der Waals surface area (Å²) in [6.07, 6.45) is 3.91. The molecular formula is C15H32N2O. The fourth-order valence-electron chi connectivity index (χ4n) is 3.03. The lowest BCUT2D eigenvalue weighted by molar-refractivity contribution is 0.0542. The standard InChI is InChI=1S/C15H32N2O/c1-6-16-13-8-9-15(3,4)12-14(13)17(5)10-11-18-7-2/h13-14,16H,6-12H2,1-5H3. The van der Waals surface area contributed by atoms with Gasteiger partial charge in [0, 0.05) is 25.2 Å². The normalized spacial score (nSPS) is 27.7. The van der Waals surface area contributed by atoms with Gasteiger partial charge < -0.3 is 10.1 Å². The maximum atomic E-state index is 5.48. The summed E-state index contributed by atoms with van der Waals surface area (Å²) in [5.74, 6) is 0. The lowest BCUT2D eigenvalue weighted by Gasteiger charge is -2.45. The molecular weight excluding hydrogens is 224 g/mol. The third-order valence-corrected chi connectivity index (χ3v) is 4.18. The van der Waals surface area contributed by atoms with Crippen molar-refractivity contribution < 1.29 is 4.74 Å². The number of nitrogens with zero attached hydrogens (tertiary/aromatic N) is 1. The van der Waals surface area contributed by atoms with Crippen LogP contribution in [0.5, 0.6) is 0 Å². The third-order valence-electron chi connectivity index (χ3n) is 4.18. The first-order valence-corrected chi connectivity index (χ1v) is 7.51. The molecule has 0 aromatic carbocycles. The monoisotopic (exact) mass is 256 g/mol. The molecule has 0 aromatic heterocycles. The molecule has 3 nitrogen and oxygen atoms in total. The van der Waals surface area contributed by atoms with Crippen LogP contribution in [0.2, 0.25) is 0 Å². The van der Waals surface area contributed by atoms with E-state index in [-0.39, 0.29) is 0 Å². The Kier molecular flexibility index (Phi) is 6.61. The molecule has 0 amide bonds. The van der Waals surface area contributed by atoms with Crippen LogP contribution in [-0.4, -0.2) is 50.3 Å². The summed E-state index contributed by atoms with van der Waals surface area (Å²) >= 11 is 0. The fourth-order valence-corrected chi connectivity index (χ4v) is 3.03. The van der Waals surface area contributed by atoms with Crippen molar-refractivity contribution in [1.82, 2.24) is 10.2 Å². The molecule has 1 aliphatic rings. The molecule has 18 heavy (non-hydrogen) atoms. The van der Waals surface area contributed by atoms with E-state index < -0.39 is 0 Å². The highest BCUT2D eigenvalue weighted by molar-refractivity contribution is 4.93. The maximum Gasteiger partial charge on any atom is 0.0593 e. The lowest BCUT2D eigenvalue weighted by Crippen LogP contribution is -2.54. The largest absolute Gasteiger partial charge is 0.380 e. The first-order valence-electron chi connectivity index (χ1n) is 7.51. The van der Waals surface area contributed by atoms with Crippen molar-refractivity contribution >= 4 is 0 Å². The Balaban J connectivity index is 2.54. The second-order valence-corrected chi connectivity index (χ2v) is 6.32. The van der Waals surface area contributed by atoms with Crippen molar-refractivity contribution in [3.8, 4) is 0 Å². The van der Waals surface area contributed by atoms with Crippen molar-refractivity contribution in [2.24, 2.45) is 5.41 Å². The van der Waals surface area contributed by atoms with E-state index in [0.29, 0.717) is 17.5 Å². The predicted octanol–water partition coefficient (Wildman–Crippen LogP) is 2.51. The number of hydrogen-bond acceptors (Lipinski definition) is 3. The van der Waals surface area contributed by atoms with Crippen molar-refractivity contribution in [3.63, 3.8) is 0 Å². The topological polar surface area (TPSA) is 24.5 Å². The first-order chi connectivity index (χ1) is 8.50. The smallest absolute Gasteiger partial charge is 0.0593 e. The van der Waals surface area contributed by atoms with E-state index in [1.807, 2.05) is 0 Å². The summed E-state index contributed by atoms with van der Waals surface area (Å²) in [4.78, 5) is 2.49. The van der Waals surface area contributed by atoms with Gasteiger partial charge in [-0.05, 0) is 45.2 Å². The molecule has 108 valence electrons. The van der Waals surface area contributed by atoms with Gasteiger partial charge in [-0.3, -0.25) is 4.90 Å². The van der Waals surface area contributed by atoms with Crippen LogP contribution in [-0.2, 0) is 4.74 Å². The number of ether oxygens (including phenoxy) is 1. The van der Waals surface area contributed by atoms with Crippen LogP contribution in [0.3, 0.4) is 0 Å². The number of nitrogens with one attached hydrogen (secondary N) is 1. The Morgan fingerprint density at radius 3 is 2.67 bits per heavy atom. The van der Waals surface area contributed by atoms with E-state index in [0.717, 1.165) is 26.3 Å². The Bertz CT molecular complexity index is 231. The van der Waals surface area contributed by atoms with Crippen LogP contribution in [0.4, 0.5) is 0 Å². The molecule has 0 spiro atoms. The summed E-state index contributed by atoms with van der Waals surface area (Å²) in [6, 6.07) is 1.30. The Morgan fingerprint density at radius 1 is 1.33 bits per heavy atom. The summed E-state index contributed by atoms with van der Waals surface area (Å²) in [5.41, 5.74) is 0.483. The van der Waals surface area contributed by atoms with Crippen LogP contribution in [0.15, 0.2) is 0 Å². The molecule has 2 atom stereocenters. The van der Waals surface area contributed by atoms with Crippen LogP contribution < -0.4 is 5.32 Å². The van der Waals surface area contributed by atoms with Gasteiger partial charge in [0.1, 0.15) is 0 Å². The summed E-state index contributed by atoms with van der Waals surface area (Å²) in [5, 5.41) is 3.66. The summed E-state index contributed by atoms with van der Waals surface area (Å²) < 4.78 is 5.48. The predicted molar refractivity (Wildman–Crippen MR) is 78.0 cm³/mol. The fraction of sp³-hybridized carbons (Fsp3) is 1.00. The molecule has 1 rings (SSSR count). The summed E-state index contributed by atoms with van der Waals surface area (Å²) in [6.45, 7) is 12.8. The van der Waals surface area contributed by atoms with Gasteiger partial charge in [-0.2, -0.15) is 0 Å². The SMILES string of the molecule is CCNC1CCC(C)(C)CC1N(C)CCOCC. The van der Waals surface area contributed by atoms with Gasteiger partial charge in [-0.15, -0.1) is 0 Å². The van der Waals surface area contributed by atoms with Crippen LogP contribution in [0, 0.1) is 5.41 Å². The summed E-state index contributed by atoms with van der Waals surface area (Å²) in [7, 11) is 2.25. The minimum atomic E-state index is 0.483.